The molecule has 0 aliphatic carbocycles. The van der Waals surface area contributed by atoms with E-state index in [1.165, 1.54) is 4.90 Å². The number of amides is 1. The molecule has 8 heteroatoms. The monoisotopic (exact) mass is 405 g/mol. The highest BCUT2D eigenvalue weighted by Crippen LogP contribution is 2.15. The van der Waals surface area contributed by atoms with Gasteiger partial charge in [0.1, 0.15) is 5.75 Å². The first-order chi connectivity index (χ1) is 13.8. The molecule has 1 aromatic carbocycles. The maximum atomic E-state index is 11.7. The Labute approximate surface area is 174 Å². The zero-order chi connectivity index (χ0) is 21.3. The molecule has 1 amide bonds. The summed E-state index contributed by atoms with van der Waals surface area (Å²) in [4.78, 5) is 19.9. The molecule has 2 rings (SSSR count). The van der Waals surface area contributed by atoms with Gasteiger partial charge in [-0.25, -0.2) is 0 Å². The van der Waals surface area contributed by atoms with Crippen molar-refractivity contribution in [2.45, 2.75) is 25.9 Å². The highest BCUT2D eigenvalue weighted by molar-refractivity contribution is 5.79. The lowest BCUT2D eigenvalue weighted by Crippen LogP contribution is -2.56. The van der Waals surface area contributed by atoms with Crippen LogP contribution in [0.15, 0.2) is 29.3 Å². The Hall–Kier alpha value is -2.32. The van der Waals surface area contributed by atoms with Crippen LogP contribution in [0.25, 0.3) is 0 Å². The lowest BCUT2D eigenvalue weighted by Gasteiger charge is -2.41. The normalized spacial score (nSPS) is 15.7. The molecule has 1 aliphatic heterocycles. The van der Waals surface area contributed by atoms with Gasteiger partial charge in [-0.3, -0.25) is 14.7 Å². The minimum Gasteiger partial charge on any atom is -0.484 e. The van der Waals surface area contributed by atoms with Crippen molar-refractivity contribution < 1.29 is 14.3 Å². The summed E-state index contributed by atoms with van der Waals surface area (Å²) in [5.41, 5.74) is 1.06. The Bertz CT molecular complexity index is 685. The fourth-order valence-corrected chi connectivity index (χ4v) is 3.01. The second-order valence-corrected chi connectivity index (χ2v) is 7.92. The molecule has 0 aromatic heterocycles. The number of carbonyl (C=O) groups is 1. The zero-order valence-electron chi connectivity index (χ0n) is 18.3. The number of morpholine rings is 1. The molecule has 1 aromatic rings. The van der Waals surface area contributed by atoms with E-state index in [9.17, 15) is 4.79 Å². The maximum absolute atomic E-state index is 11.7. The van der Waals surface area contributed by atoms with Crippen LogP contribution in [0.5, 0.6) is 5.75 Å². The summed E-state index contributed by atoms with van der Waals surface area (Å²) < 4.78 is 11.0. The number of likely N-dealkylation sites (N-methyl/N-ethyl adjacent to an activating group) is 1. The van der Waals surface area contributed by atoms with E-state index in [-0.39, 0.29) is 18.1 Å². The van der Waals surface area contributed by atoms with E-state index in [1.54, 1.807) is 21.1 Å². The molecule has 2 N–H and O–H groups in total. The molecule has 0 unspecified atom stereocenters. The predicted octanol–water partition coefficient (Wildman–Crippen LogP) is 0.929. The van der Waals surface area contributed by atoms with Crippen molar-refractivity contribution in [3.63, 3.8) is 0 Å². The average molecular weight is 406 g/mol. The summed E-state index contributed by atoms with van der Waals surface area (Å²) in [7, 11) is 5.19. The Balaban J connectivity index is 1.82. The third-order valence-electron chi connectivity index (χ3n) is 5.00. The summed E-state index contributed by atoms with van der Waals surface area (Å²) in [6.45, 7) is 9.35. The molecule has 1 saturated heterocycles. The smallest absolute Gasteiger partial charge is 0.259 e. The Morgan fingerprint density at radius 1 is 1.28 bits per heavy atom. The van der Waals surface area contributed by atoms with Gasteiger partial charge in [0.05, 0.1) is 13.2 Å². The number of benzene rings is 1. The van der Waals surface area contributed by atoms with Crippen LogP contribution in [0, 0.1) is 0 Å². The van der Waals surface area contributed by atoms with Crippen molar-refractivity contribution in [3.05, 3.63) is 29.8 Å². The molecule has 1 aliphatic rings. The predicted molar refractivity (Wildman–Crippen MR) is 115 cm³/mol. The lowest BCUT2D eigenvalue weighted by atomic mass is 10.0. The molecule has 0 atom stereocenters. The maximum Gasteiger partial charge on any atom is 0.259 e. The highest BCUT2D eigenvalue weighted by Gasteiger charge is 2.28. The van der Waals surface area contributed by atoms with Gasteiger partial charge in [0.25, 0.3) is 5.91 Å². The lowest BCUT2D eigenvalue weighted by molar-refractivity contribution is -0.130. The van der Waals surface area contributed by atoms with E-state index in [0.717, 1.165) is 44.4 Å². The summed E-state index contributed by atoms with van der Waals surface area (Å²) in [5, 5.41) is 6.76. The highest BCUT2D eigenvalue weighted by atomic mass is 16.5. The molecule has 0 spiro atoms. The number of guanidine groups is 1. The van der Waals surface area contributed by atoms with Gasteiger partial charge in [0, 0.05) is 52.9 Å². The number of aliphatic imine (C=N–C) groups is 1. The zero-order valence-corrected chi connectivity index (χ0v) is 18.3. The van der Waals surface area contributed by atoms with Gasteiger partial charge in [0.15, 0.2) is 12.6 Å². The minimum atomic E-state index is -0.0685. The topological polar surface area (TPSA) is 78.4 Å². The van der Waals surface area contributed by atoms with E-state index in [2.05, 4.69) is 34.4 Å². The van der Waals surface area contributed by atoms with Crippen molar-refractivity contribution in [2.24, 2.45) is 4.99 Å². The van der Waals surface area contributed by atoms with Crippen LogP contribution < -0.4 is 15.4 Å². The summed E-state index contributed by atoms with van der Waals surface area (Å²) in [6.07, 6.45) is 0. The number of carbonyl (C=O) groups excluding carboxylic acids is 1. The number of ether oxygens (including phenoxy) is 2. The van der Waals surface area contributed by atoms with Crippen LogP contribution in [-0.4, -0.2) is 87.8 Å². The first kappa shape index (κ1) is 23.0. The third-order valence-corrected chi connectivity index (χ3v) is 5.00. The molecule has 29 heavy (non-hydrogen) atoms. The summed E-state index contributed by atoms with van der Waals surface area (Å²) >= 11 is 0. The Morgan fingerprint density at radius 2 is 2.00 bits per heavy atom. The van der Waals surface area contributed by atoms with Crippen LogP contribution in [0.4, 0.5) is 0 Å². The van der Waals surface area contributed by atoms with Gasteiger partial charge in [-0.1, -0.05) is 12.1 Å². The molecule has 8 nitrogen and oxygen atoms in total. The van der Waals surface area contributed by atoms with Gasteiger partial charge in [-0.05, 0) is 31.5 Å². The van der Waals surface area contributed by atoms with Crippen molar-refractivity contribution >= 4 is 11.9 Å². The van der Waals surface area contributed by atoms with Crippen molar-refractivity contribution in [2.75, 3.05) is 60.6 Å². The first-order valence-corrected chi connectivity index (χ1v) is 10.0. The largest absolute Gasteiger partial charge is 0.484 e. The van der Waals surface area contributed by atoms with E-state index in [4.69, 9.17) is 9.47 Å². The molecule has 0 saturated carbocycles. The number of nitrogens with one attached hydrogen (secondary N) is 2. The number of nitrogens with zero attached hydrogens (tertiary/aromatic N) is 3. The van der Waals surface area contributed by atoms with Gasteiger partial charge in [0.2, 0.25) is 0 Å². The second kappa shape index (κ2) is 11.0. The molecular weight excluding hydrogens is 370 g/mol. The van der Waals surface area contributed by atoms with E-state index in [0.29, 0.717) is 12.3 Å². The van der Waals surface area contributed by atoms with Crippen LogP contribution in [0.3, 0.4) is 0 Å². The standard InChI is InChI=1S/C21H35N5O3/c1-21(2,26-9-11-28-12-10-26)16-24-20(22-3)23-14-17-7-6-8-18(13-17)29-15-19(27)25(4)5/h6-8,13H,9-12,14-16H2,1-5H3,(H2,22,23,24). The number of hydrogen-bond acceptors (Lipinski definition) is 5. The number of rotatable bonds is 8. The minimum absolute atomic E-state index is 0.00807. The van der Waals surface area contributed by atoms with Gasteiger partial charge in [-0.15, -0.1) is 0 Å². The Kier molecular flexibility index (Phi) is 8.72. The molecule has 162 valence electrons. The van der Waals surface area contributed by atoms with Gasteiger partial charge in [-0.2, -0.15) is 0 Å². The molecular formula is C21H35N5O3. The molecule has 0 radical (unpaired) electrons. The van der Waals surface area contributed by atoms with E-state index >= 15 is 0 Å². The van der Waals surface area contributed by atoms with Crippen LogP contribution >= 0.6 is 0 Å². The average Bonchev–Trinajstić information content (AvgIpc) is 2.73. The second-order valence-electron chi connectivity index (χ2n) is 7.92. The van der Waals surface area contributed by atoms with Crippen molar-refractivity contribution in [1.82, 2.24) is 20.4 Å². The van der Waals surface area contributed by atoms with Crippen molar-refractivity contribution in [1.29, 1.82) is 0 Å². The SMILES string of the molecule is CN=C(NCc1cccc(OCC(=O)N(C)C)c1)NCC(C)(C)N1CCOCC1. The van der Waals surface area contributed by atoms with Gasteiger partial charge >= 0.3 is 0 Å². The van der Waals surface area contributed by atoms with E-state index < -0.39 is 0 Å². The molecule has 1 heterocycles. The van der Waals surface area contributed by atoms with Crippen LogP contribution in [-0.2, 0) is 16.1 Å². The van der Waals surface area contributed by atoms with Crippen molar-refractivity contribution in [3.8, 4) is 5.75 Å². The number of hydrogen-bond donors (Lipinski definition) is 2. The molecule has 1 fully saturated rings. The fraction of sp³-hybridized carbons (Fsp3) is 0.619. The van der Waals surface area contributed by atoms with Crippen LogP contribution in [0.2, 0.25) is 0 Å². The Morgan fingerprint density at radius 3 is 2.66 bits per heavy atom. The fourth-order valence-electron chi connectivity index (χ4n) is 3.01. The molecule has 0 bridgehead atoms. The van der Waals surface area contributed by atoms with E-state index in [1.807, 2.05) is 24.3 Å². The summed E-state index contributed by atoms with van der Waals surface area (Å²) in [6, 6.07) is 7.72. The quantitative estimate of drug-likeness (QED) is 0.495. The summed E-state index contributed by atoms with van der Waals surface area (Å²) in [5.74, 6) is 1.36. The first-order valence-electron chi connectivity index (χ1n) is 10.0. The van der Waals surface area contributed by atoms with Crippen LogP contribution in [0.1, 0.15) is 19.4 Å². The third kappa shape index (κ3) is 7.55. The van der Waals surface area contributed by atoms with Gasteiger partial charge < -0.3 is 25.0 Å².